The van der Waals surface area contributed by atoms with Crippen molar-refractivity contribution in [2.45, 2.75) is 27.7 Å². The molecule has 0 aromatic heterocycles. The van der Waals surface area contributed by atoms with Crippen LogP contribution in [-0.2, 0) is 19.1 Å². The van der Waals surface area contributed by atoms with E-state index in [0.717, 1.165) is 11.1 Å². The Morgan fingerprint density at radius 1 is 0.812 bits per heavy atom. The number of rotatable bonds is 5. The lowest BCUT2D eigenvalue weighted by molar-refractivity contribution is -0.146. The molecule has 0 aliphatic heterocycles. The molecule has 0 radical (unpaired) electrons. The third-order valence-electron chi connectivity index (χ3n) is 1.39. The van der Waals surface area contributed by atoms with Gasteiger partial charge in [0.25, 0.3) is 0 Å². The number of hydrogen-bond donors (Lipinski definition) is 0. The fourth-order valence-electron chi connectivity index (χ4n) is 0.839. The van der Waals surface area contributed by atoms with Gasteiger partial charge in [0.2, 0.25) is 0 Å². The molecule has 0 saturated carbocycles. The highest BCUT2D eigenvalue weighted by Crippen LogP contribution is 1.93. The minimum Gasteiger partial charge on any atom is -0.459 e. The van der Waals surface area contributed by atoms with Crippen LogP contribution in [0.5, 0.6) is 0 Å². The predicted molar refractivity (Wildman–Crippen MR) is 60.8 cm³/mol. The topological polar surface area (TPSA) is 52.6 Å². The molecule has 90 valence electrons. The molecule has 0 saturated heterocycles. The molecular formula is C12H18O4. The first-order chi connectivity index (χ1) is 7.41. The van der Waals surface area contributed by atoms with E-state index in [1.54, 1.807) is 27.7 Å². The molecule has 0 atom stereocenters. The van der Waals surface area contributed by atoms with E-state index in [9.17, 15) is 9.59 Å². The third-order valence-corrected chi connectivity index (χ3v) is 1.39. The van der Waals surface area contributed by atoms with E-state index in [2.05, 4.69) is 0 Å². The summed E-state index contributed by atoms with van der Waals surface area (Å²) >= 11 is 0. The summed E-state index contributed by atoms with van der Waals surface area (Å²) in [5.74, 6) is -0.837. The van der Waals surface area contributed by atoms with Gasteiger partial charge in [-0.2, -0.15) is 0 Å². The summed E-state index contributed by atoms with van der Waals surface area (Å²) in [5, 5.41) is 0. The molecule has 0 aromatic rings. The zero-order valence-electron chi connectivity index (χ0n) is 10.2. The molecule has 0 spiro atoms. The molecule has 0 rings (SSSR count). The van der Waals surface area contributed by atoms with Crippen LogP contribution in [0.15, 0.2) is 23.3 Å². The van der Waals surface area contributed by atoms with Crippen molar-refractivity contribution in [2.75, 3.05) is 13.2 Å². The van der Waals surface area contributed by atoms with Crippen molar-refractivity contribution >= 4 is 11.9 Å². The summed E-state index contributed by atoms with van der Waals surface area (Å²) in [5.41, 5.74) is 1.73. The van der Waals surface area contributed by atoms with Gasteiger partial charge in [-0.3, -0.25) is 0 Å². The van der Waals surface area contributed by atoms with E-state index in [-0.39, 0.29) is 13.2 Å². The highest BCUT2D eigenvalue weighted by molar-refractivity contribution is 5.83. The fourth-order valence-corrected chi connectivity index (χ4v) is 0.839. The van der Waals surface area contributed by atoms with Crippen molar-refractivity contribution in [3.05, 3.63) is 23.3 Å². The lowest BCUT2D eigenvalue weighted by Gasteiger charge is -2.03. The minimum atomic E-state index is -0.418. The molecule has 0 amide bonds. The van der Waals surface area contributed by atoms with Gasteiger partial charge in [0, 0.05) is 12.2 Å². The van der Waals surface area contributed by atoms with Crippen LogP contribution >= 0.6 is 0 Å². The van der Waals surface area contributed by atoms with Gasteiger partial charge in [0.05, 0.1) is 0 Å². The van der Waals surface area contributed by atoms with Crippen molar-refractivity contribution in [2.24, 2.45) is 0 Å². The second-order valence-corrected chi connectivity index (χ2v) is 3.78. The smallest absolute Gasteiger partial charge is 0.330 e. The van der Waals surface area contributed by atoms with Crippen molar-refractivity contribution in [3.63, 3.8) is 0 Å². The van der Waals surface area contributed by atoms with Gasteiger partial charge in [-0.05, 0) is 27.7 Å². The SMILES string of the molecule is CC(C)=CC(=O)OCCOC(=O)C=C(C)C. The Bertz CT molecular complexity index is 273. The van der Waals surface area contributed by atoms with Gasteiger partial charge in [0.15, 0.2) is 0 Å². The van der Waals surface area contributed by atoms with Gasteiger partial charge in [-0.1, -0.05) is 11.1 Å². The average Bonchev–Trinajstić information content (AvgIpc) is 2.10. The van der Waals surface area contributed by atoms with Crippen LogP contribution in [0, 0.1) is 0 Å². The van der Waals surface area contributed by atoms with Crippen LogP contribution in [0.1, 0.15) is 27.7 Å². The molecule has 0 unspecified atom stereocenters. The monoisotopic (exact) mass is 226 g/mol. The first kappa shape index (κ1) is 14.4. The number of esters is 2. The Hall–Kier alpha value is -1.58. The van der Waals surface area contributed by atoms with Crippen LogP contribution in [0.25, 0.3) is 0 Å². The number of carbonyl (C=O) groups is 2. The predicted octanol–water partition coefficient (Wildman–Crippen LogP) is 2.01. The van der Waals surface area contributed by atoms with Crippen molar-refractivity contribution in [3.8, 4) is 0 Å². The maximum absolute atomic E-state index is 11.0. The van der Waals surface area contributed by atoms with E-state index in [1.807, 2.05) is 0 Å². The third kappa shape index (κ3) is 8.99. The zero-order chi connectivity index (χ0) is 12.6. The van der Waals surface area contributed by atoms with E-state index in [4.69, 9.17) is 9.47 Å². The van der Waals surface area contributed by atoms with Gasteiger partial charge in [-0.15, -0.1) is 0 Å². The van der Waals surface area contributed by atoms with Crippen LogP contribution in [0.2, 0.25) is 0 Å². The van der Waals surface area contributed by atoms with Gasteiger partial charge < -0.3 is 9.47 Å². The highest BCUT2D eigenvalue weighted by atomic mass is 16.6. The van der Waals surface area contributed by atoms with Crippen molar-refractivity contribution < 1.29 is 19.1 Å². The molecule has 4 heteroatoms. The maximum atomic E-state index is 11.0. The molecule has 0 aliphatic carbocycles. The van der Waals surface area contributed by atoms with Crippen LogP contribution in [-0.4, -0.2) is 25.2 Å². The first-order valence-electron chi connectivity index (χ1n) is 5.05. The van der Waals surface area contributed by atoms with Crippen molar-refractivity contribution in [1.29, 1.82) is 0 Å². The van der Waals surface area contributed by atoms with Crippen molar-refractivity contribution in [1.82, 2.24) is 0 Å². The summed E-state index contributed by atoms with van der Waals surface area (Å²) in [6, 6.07) is 0. The molecule has 16 heavy (non-hydrogen) atoms. The Labute approximate surface area is 95.9 Å². The maximum Gasteiger partial charge on any atom is 0.330 e. The Morgan fingerprint density at radius 2 is 1.12 bits per heavy atom. The molecule has 0 aromatic carbocycles. The lowest BCUT2D eigenvalue weighted by Crippen LogP contribution is -2.11. The van der Waals surface area contributed by atoms with E-state index < -0.39 is 11.9 Å². The molecule has 0 heterocycles. The van der Waals surface area contributed by atoms with Gasteiger partial charge in [-0.25, -0.2) is 9.59 Å². The summed E-state index contributed by atoms with van der Waals surface area (Å²) in [6.07, 6.45) is 2.77. The second-order valence-electron chi connectivity index (χ2n) is 3.78. The molecule has 4 nitrogen and oxygen atoms in total. The lowest BCUT2D eigenvalue weighted by atomic mass is 10.3. The summed E-state index contributed by atoms with van der Waals surface area (Å²) in [4.78, 5) is 22.0. The summed E-state index contributed by atoms with van der Waals surface area (Å²) in [7, 11) is 0. The Kier molecular flexibility index (Phi) is 6.92. The van der Waals surface area contributed by atoms with Crippen LogP contribution < -0.4 is 0 Å². The normalized spacial score (nSPS) is 9.00. The minimum absolute atomic E-state index is 0.0744. The average molecular weight is 226 g/mol. The van der Waals surface area contributed by atoms with Gasteiger partial charge in [0.1, 0.15) is 13.2 Å². The highest BCUT2D eigenvalue weighted by Gasteiger charge is 2.00. The number of allylic oxidation sites excluding steroid dienone is 2. The molecular weight excluding hydrogens is 208 g/mol. The second kappa shape index (κ2) is 7.68. The number of carbonyl (C=O) groups excluding carboxylic acids is 2. The summed E-state index contributed by atoms with van der Waals surface area (Å²) in [6.45, 7) is 7.36. The zero-order valence-corrected chi connectivity index (χ0v) is 10.2. The van der Waals surface area contributed by atoms with E-state index in [0.29, 0.717) is 0 Å². The van der Waals surface area contributed by atoms with Crippen LogP contribution in [0.4, 0.5) is 0 Å². The number of hydrogen-bond acceptors (Lipinski definition) is 4. The Balaban J connectivity index is 3.69. The largest absolute Gasteiger partial charge is 0.459 e. The Morgan fingerprint density at radius 3 is 1.38 bits per heavy atom. The molecule has 0 bridgehead atoms. The summed E-state index contributed by atoms with van der Waals surface area (Å²) < 4.78 is 9.59. The number of ether oxygens (including phenoxy) is 2. The van der Waals surface area contributed by atoms with E-state index >= 15 is 0 Å². The van der Waals surface area contributed by atoms with Crippen LogP contribution in [0.3, 0.4) is 0 Å². The molecule has 0 fully saturated rings. The fraction of sp³-hybridized carbons (Fsp3) is 0.500. The van der Waals surface area contributed by atoms with Gasteiger partial charge >= 0.3 is 11.9 Å². The first-order valence-corrected chi connectivity index (χ1v) is 5.05. The quantitative estimate of drug-likeness (QED) is 0.409. The molecule has 0 aliphatic rings. The van der Waals surface area contributed by atoms with E-state index in [1.165, 1.54) is 12.2 Å². The molecule has 0 N–H and O–H groups in total. The standard InChI is InChI=1S/C12H18O4/c1-9(2)7-11(13)15-5-6-16-12(14)8-10(3)4/h7-8H,5-6H2,1-4H3.